The largest absolute Gasteiger partial charge is 0.485 e. The zero-order valence-corrected chi connectivity index (χ0v) is 16.5. The van der Waals surface area contributed by atoms with Crippen molar-refractivity contribution in [1.82, 2.24) is 14.7 Å². The summed E-state index contributed by atoms with van der Waals surface area (Å²) in [5.74, 6) is 1.50. The van der Waals surface area contributed by atoms with Crippen molar-refractivity contribution in [3.05, 3.63) is 69.8 Å². The SMILES string of the molecule is Cc1ccccc1OCc1ccc(C(=O)N(C)Cc2c(Br)cnn2C)o1. The van der Waals surface area contributed by atoms with Gasteiger partial charge in [-0.05, 0) is 46.6 Å². The molecule has 0 saturated carbocycles. The van der Waals surface area contributed by atoms with Crippen molar-refractivity contribution in [2.24, 2.45) is 7.05 Å². The number of ether oxygens (including phenoxy) is 1. The average Bonchev–Trinajstić information content (AvgIpc) is 3.22. The summed E-state index contributed by atoms with van der Waals surface area (Å²) in [6.07, 6.45) is 1.71. The topological polar surface area (TPSA) is 60.5 Å². The molecular weight excluding hydrogens is 398 g/mol. The normalized spacial score (nSPS) is 10.8. The highest BCUT2D eigenvalue weighted by Gasteiger charge is 2.19. The van der Waals surface area contributed by atoms with E-state index in [0.29, 0.717) is 12.3 Å². The molecule has 1 aromatic carbocycles. The Bertz CT molecular complexity index is 897. The average molecular weight is 418 g/mol. The lowest BCUT2D eigenvalue weighted by molar-refractivity contribution is 0.0746. The Balaban J connectivity index is 1.63. The van der Waals surface area contributed by atoms with Crippen molar-refractivity contribution in [3.63, 3.8) is 0 Å². The van der Waals surface area contributed by atoms with Gasteiger partial charge in [0.1, 0.15) is 18.1 Å². The Morgan fingerprint density at radius 1 is 1.31 bits per heavy atom. The molecule has 0 saturated heterocycles. The quantitative estimate of drug-likeness (QED) is 0.609. The second kappa shape index (κ2) is 7.78. The number of furan rings is 1. The fourth-order valence-corrected chi connectivity index (χ4v) is 3.01. The smallest absolute Gasteiger partial charge is 0.289 e. The molecule has 7 heteroatoms. The molecule has 0 radical (unpaired) electrons. The summed E-state index contributed by atoms with van der Waals surface area (Å²) in [6, 6.07) is 11.2. The van der Waals surface area contributed by atoms with Crippen molar-refractivity contribution in [1.29, 1.82) is 0 Å². The molecule has 0 N–H and O–H groups in total. The van der Waals surface area contributed by atoms with Gasteiger partial charge in [0, 0.05) is 14.1 Å². The Morgan fingerprint density at radius 3 is 2.77 bits per heavy atom. The highest BCUT2D eigenvalue weighted by molar-refractivity contribution is 9.10. The van der Waals surface area contributed by atoms with E-state index in [1.165, 1.54) is 0 Å². The van der Waals surface area contributed by atoms with Gasteiger partial charge in [0.2, 0.25) is 0 Å². The lowest BCUT2D eigenvalue weighted by atomic mass is 10.2. The van der Waals surface area contributed by atoms with Crippen LogP contribution in [0.25, 0.3) is 0 Å². The standard InChI is InChI=1S/C19H20BrN3O3/c1-13-6-4-5-7-17(13)25-12-14-8-9-18(26-14)19(24)22(2)11-16-15(20)10-21-23(16)3/h4-10H,11-12H2,1-3H3. The molecule has 3 rings (SSSR count). The summed E-state index contributed by atoms with van der Waals surface area (Å²) in [5.41, 5.74) is 1.97. The van der Waals surface area contributed by atoms with Gasteiger partial charge in [0.15, 0.2) is 5.76 Å². The summed E-state index contributed by atoms with van der Waals surface area (Å²) in [4.78, 5) is 14.2. The Labute approximate surface area is 160 Å². The highest BCUT2D eigenvalue weighted by atomic mass is 79.9. The van der Waals surface area contributed by atoms with Gasteiger partial charge in [-0.1, -0.05) is 18.2 Å². The molecule has 1 amide bonds. The molecule has 0 spiro atoms. The highest BCUT2D eigenvalue weighted by Crippen LogP contribution is 2.20. The molecule has 0 aliphatic carbocycles. The van der Waals surface area contributed by atoms with Crippen LogP contribution in [0.5, 0.6) is 5.75 Å². The van der Waals surface area contributed by atoms with Crippen LogP contribution in [0.1, 0.15) is 27.6 Å². The van der Waals surface area contributed by atoms with Crippen LogP contribution in [0.15, 0.2) is 51.5 Å². The molecule has 0 aliphatic rings. The number of nitrogens with zero attached hydrogens (tertiary/aromatic N) is 3. The first-order valence-electron chi connectivity index (χ1n) is 8.14. The molecule has 0 atom stereocenters. The van der Waals surface area contributed by atoms with Crippen LogP contribution in [0, 0.1) is 6.92 Å². The van der Waals surface area contributed by atoms with Crippen LogP contribution >= 0.6 is 15.9 Å². The number of aromatic nitrogens is 2. The second-order valence-corrected chi connectivity index (χ2v) is 6.90. The third-order valence-corrected chi connectivity index (χ3v) is 4.74. The molecule has 0 bridgehead atoms. The van der Waals surface area contributed by atoms with Crippen molar-refractivity contribution in [2.45, 2.75) is 20.1 Å². The van der Waals surface area contributed by atoms with E-state index in [4.69, 9.17) is 9.15 Å². The summed E-state index contributed by atoms with van der Waals surface area (Å²) >= 11 is 3.44. The monoisotopic (exact) mass is 417 g/mol. The number of hydrogen-bond donors (Lipinski definition) is 0. The van der Waals surface area contributed by atoms with E-state index in [1.807, 2.05) is 38.2 Å². The summed E-state index contributed by atoms with van der Waals surface area (Å²) in [7, 11) is 3.57. The molecule has 3 aromatic rings. The van der Waals surface area contributed by atoms with Gasteiger partial charge in [-0.15, -0.1) is 0 Å². The van der Waals surface area contributed by atoms with E-state index in [0.717, 1.165) is 21.5 Å². The number of halogens is 1. The van der Waals surface area contributed by atoms with E-state index in [1.54, 1.807) is 35.0 Å². The van der Waals surface area contributed by atoms with Crippen molar-refractivity contribution < 1.29 is 13.9 Å². The zero-order chi connectivity index (χ0) is 18.7. The molecule has 2 aromatic heterocycles. The summed E-state index contributed by atoms with van der Waals surface area (Å²) in [6.45, 7) is 2.68. The van der Waals surface area contributed by atoms with E-state index in [2.05, 4.69) is 21.0 Å². The van der Waals surface area contributed by atoms with Gasteiger partial charge in [0.05, 0.1) is 22.9 Å². The molecule has 0 aliphatic heterocycles. The van der Waals surface area contributed by atoms with Crippen LogP contribution in [-0.4, -0.2) is 27.6 Å². The summed E-state index contributed by atoms with van der Waals surface area (Å²) in [5, 5.41) is 4.16. The minimum Gasteiger partial charge on any atom is -0.485 e. The molecule has 0 fully saturated rings. The third kappa shape index (κ3) is 3.99. The van der Waals surface area contributed by atoms with E-state index in [9.17, 15) is 4.79 Å². The predicted octanol–water partition coefficient (Wildman–Crippen LogP) is 3.94. The van der Waals surface area contributed by atoms with Crippen LogP contribution < -0.4 is 4.74 Å². The van der Waals surface area contributed by atoms with Gasteiger partial charge in [-0.3, -0.25) is 9.48 Å². The fourth-order valence-electron chi connectivity index (χ4n) is 2.54. The van der Waals surface area contributed by atoms with Crippen LogP contribution in [-0.2, 0) is 20.2 Å². The van der Waals surface area contributed by atoms with Gasteiger partial charge in [-0.25, -0.2) is 0 Å². The first-order chi connectivity index (χ1) is 12.5. The lowest BCUT2D eigenvalue weighted by Crippen LogP contribution is -2.27. The number of para-hydroxylation sites is 1. The molecular formula is C19H20BrN3O3. The summed E-state index contributed by atoms with van der Waals surface area (Å²) < 4.78 is 14.0. The van der Waals surface area contributed by atoms with Gasteiger partial charge >= 0.3 is 0 Å². The van der Waals surface area contributed by atoms with Gasteiger partial charge < -0.3 is 14.1 Å². The van der Waals surface area contributed by atoms with Crippen LogP contribution in [0.4, 0.5) is 0 Å². The van der Waals surface area contributed by atoms with E-state index in [-0.39, 0.29) is 18.3 Å². The molecule has 6 nitrogen and oxygen atoms in total. The molecule has 2 heterocycles. The third-order valence-electron chi connectivity index (χ3n) is 4.08. The van der Waals surface area contributed by atoms with Crippen molar-refractivity contribution >= 4 is 21.8 Å². The Morgan fingerprint density at radius 2 is 2.08 bits per heavy atom. The number of aryl methyl sites for hydroxylation is 2. The Hall–Kier alpha value is -2.54. The maximum Gasteiger partial charge on any atom is 0.289 e. The van der Waals surface area contributed by atoms with E-state index >= 15 is 0 Å². The van der Waals surface area contributed by atoms with Crippen molar-refractivity contribution in [2.75, 3.05) is 7.05 Å². The fraction of sp³-hybridized carbons (Fsp3) is 0.263. The number of carbonyl (C=O) groups is 1. The maximum absolute atomic E-state index is 12.6. The van der Waals surface area contributed by atoms with E-state index < -0.39 is 0 Å². The van der Waals surface area contributed by atoms with Gasteiger partial charge in [-0.2, -0.15) is 5.10 Å². The lowest BCUT2D eigenvalue weighted by Gasteiger charge is -2.16. The predicted molar refractivity (Wildman–Crippen MR) is 101 cm³/mol. The first-order valence-corrected chi connectivity index (χ1v) is 8.94. The maximum atomic E-state index is 12.6. The number of carbonyl (C=O) groups excluding carboxylic acids is 1. The minimum atomic E-state index is -0.194. The van der Waals surface area contributed by atoms with Crippen LogP contribution in [0.3, 0.4) is 0 Å². The Kier molecular flexibility index (Phi) is 5.46. The molecule has 136 valence electrons. The number of hydrogen-bond acceptors (Lipinski definition) is 4. The minimum absolute atomic E-state index is 0.194. The number of benzene rings is 1. The zero-order valence-electron chi connectivity index (χ0n) is 14.9. The van der Waals surface area contributed by atoms with Gasteiger partial charge in [0.25, 0.3) is 5.91 Å². The van der Waals surface area contributed by atoms with Crippen LogP contribution in [0.2, 0.25) is 0 Å². The number of rotatable bonds is 6. The second-order valence-electron chi connectivity index (χ2n) is 6.04. The molecule has 26 heavy (non-hydrogen) atoms. The first kappa shape index (κ1) is 18.3. The number of amides is 1. The molecule has 0 unspecified atom stereocenters. The van der Waals surface area contributed by atoms with Crippen molar-refractivity contribution in [3.8, 4) is 5.75 Å².